The summed E-state index contributed by atoms with van der Waals surface area (Å²) in [4.78, 5) is 5.76. The van der Waals surface area contributed by atoms with Crippen molar-refractivity contribution in [1.29, 1.82) is 0 Å². The molecule has 19 heavy (non-hydrogen) atoms. The van der Waals surface area contributed by atoms with Crippen molar-refractivity contribution in [3.63, 3.8) is 0 Å². The monoisotopic (exact) mass is 274 g/mol. The van der Waals surface area contributed by atoms with Gasteiger partial charge in [-0.1, -0.05) is 0 Å². The Morgan fingerprint density at radius 1 is 1.21 bits per heavy atom. The van der Waals surface area contributed by atoms with Crippen molar-refractivity contribution in [1.82, 2.24) is 4.98 Å². The van der Waals surface area contributed by atoms with Crippen LogP contribution in [0.25, 0.3) is 0 Å². The highest BCUT2D eigenvalue weighted by atomic mass is 19.4. The van der Waals surface area contributed by atoms with Gasteiger partial charge in [0.1, 0.15) is 5.82 Å². The van der Waals surface area contributed by atoms with Gasteiger partial charge in [0.15, 0.2) is 5.79 Å². The maximum atomic E-state index is 12.4. The lowest BCUT2D eigenvalue weighted by molar-refractivity contribution is -0.138. The summed E-state index contributed by atoms with van der Waals surface area (Å²) in [7, 11) is 0. The van der Waals surface area contributed by atoms with Gasteiger partial charge >= 0.3 is 6.18 Å². The Morgan fingerprint density at radius 2 is 1.95 bits per heavy atom. The minimum atomic E-state index is -4.35. The summed E-state index contributed by atoms with van der Waals surface area (Å²) in [5, 5.41) is 0. The highest BCUT2D eigenvalue weighted by molar-refractivity contribution is 5.41. The second kappa shape index (κ2) is 4.35. The molecule has 0 aliphatic carbocycles. The number of anilines is 1. The van der Waals surface area contributed by atoms with Crippen molar-refractivity contribution in [2.45, 2.75) is 18.4 Å². The van der Waals surface area contributed by atoms with E-state index in [1.54, 1.807) is 0 Å². The van der Waals surface area contributed by atoms with Gasteiger partial charge in [0, 0.05) is 19.2 Å². The van der Waals surface area contributed by atoms with Crippen molar-refractivity contribution < 1.29 is 22.6 Å². The molecule has 3 rings (SSSR count). The van der Waals surface area contributed by atoms with E-state index in [0.717, 1.165) is 12.3 Å². The highest BCUT2D eigenvalue weighted by Crippen LogP contribution is 2.34. The molecule has 2 fully saturated rings. The SMILES string of the molecule is FC(F)(F)c1ccc(N2CCC3(C2)OCCO3)nc1. The van der Waals surface area contributed by atoms with E-state index >= 15 is 0 Å². The van der Waals surface area contributed by atoms with Gasteiger partial charge in [-0.25, -0.2) is 4.98 Å². The number of hydrogen-bond acceptors (Lipinski definition) is 4. The van der Waals surface area contributed by atoms with Crippen molar-refractivity contribution in [2.75, 3.05) is 31.2 Å². The molecular weight excluding hydrogens is 261 g/mol. The van der Waals surface area contributed by atoms with Crippen LogP contribution in [0, 0.1) is 0 Å². The lowest BCUT2D eigenvalue weighted by Crippen LogP contribution is -2.34. The zero-order valence-corrected chi connectivity index (χ0v) is 10.1. The molecule has 3 heterocycles. The largest absolute Gasteiger partial charge is 0.417 e. The first-order valence-corrected chi connectivity index (χ1v) is 6.05. The maximum absolute atomic E-state index is 12.4. The second-order valence-electron chi connectivity index (χ2n) is 4.68. The molecule has 0 saturated carbocycles. The molecule has 7 heteroatoms. The van der Waals surface area contributed by atoms with Crippen LogP contribution in [0.3, 0.4) is 0 Å². The number of halogens is 3. The zero-order valence-electron chi connectivity index (χ0n) is 10.1. The van der Waals surface area contributed by atoms with Gasteiger partial charge in [-0.05, 0) is 12.1 Å². The van der Waals surface area contributed by atoms with E-state index in [9.17, 15) is 13.2 Å². The molecule has 0 bridgehead atoms. The van der Waals surface area contributed by atoms with Crippen molar-refractivity contribution in [3.8, 4) is 0 Å². The first kappa shape index (κ1) is 12.7. The predicted molar refractivity (Wildman–Crippen MR) is 60.7 cm³/mol. The summed E-state index contributed by atoms with van der Waals surface area (Å²) in [6.07, 6.45) is -2.79. The molecule has 4 nitrogen and oxygen atoms in total. The molecule has 0 atom stereocenters. The zero-order chi connectivity index (χ0) is 13.5. The van der Waals surface area contributed by atoms with Crippen LogP contribution < -0.4 is 4.90 Å². The Morgan fingerprint density at radius 3 is 2.53 bits per heavy atom. The Bertz CT molecular complexity index is 455. The second-order valence-corrected chi connectivity index (χ2v) is 4.68. The molecule has 2 aliphatic rings. The Labute approximate surface area is 108 Å². The van der Waals surface area contributed by atoms with E-state index in [2.05, 4.69) is 4.98 Å². The van der Waals surface area contributed by atoms with Crippen LogP contribution in [0.1, 0.15) is 12.0 Å². The molecule has 104 valence electrons. The number of aromatic nitrogens is 1. The molecule has 1 aromatic rings. The van der Waals surface area contributed by atoms with E-state index in [1.807, 2.05) is 4.90 Å². The lowest BCUT2D eigenvalue weighted by atomic mass is 10.2. The van der Waals surface area contributed by atoms with Gasteiger partial charge in [-0.15, -0.1) is 0 Å². The first-order valence-electron chi connectivity index (χ1n) is 6.05. The summed E-state index contributed by atoms with van der Waals surface area (Å²) >= 11 is 0. The Kier molecular flexibility index (Phi) is 2.90. The fourth-order valence-electron chi connectivity index (χ4n) is 2.42. The maximum Gasteiger partial charge on any atom is 0.417 e. The Hall–Kier alpha value is -1.34. The van der Waals surface area contributed by atoms with Crippen molar-refractivity contribution in [3.05, 3.63) is 23.9 Å². The molecular formula is C12H13F3N2O2. The van der Waals surface area contributed by atoms with Crippen LogP contribution in [-0.2, 0) is 15.7 Å². The normalized spacial score (nSPS) is 22.4. The molecule has 1 spiro atoms. The number of rotatable bonds is 1. The average Bonchev–Trinajstić information content (AvgIpc) is 3.00. The van der Waals surface area contributed by atoms with Crippen LogP contribution in [0.15, 0.2) is 18.3 Å². The van der Waals surface area contributed by atoms with Gasteiger partial charge in [0.25, 0.3) is 0 Å². The number of hydrogen-bond donors (Lipinski definition) is 0. The molecule has 0 N–H and O–H groups in total. The van der Waals surface area contributed by atoms with Crippen LogP contribution in [0.2, 0.25) is 0 Å². The van der Waals surface area contributed by atoms with Gasteiger partial charge in [-0.3, -0.25) is 0 Å². The van der Waals surface area contributed by atoms with Gasteiger partial charge in [0.2, 0.25) is 0 Å². The molecule has 2 aliphatic heterocycles. The minimum Gasteiger partial charge on any atom is -0.351 e. The van der Waals surface area contributed by atoms with Crippen molar-refractivity contribution in [2.24, 2.45) is 0 Å². The topological polar surface area (TPSA) is 34.6 Å². The summed E-state index contributed by atoms with van der Waals surface area (Å²) < 4.78 is 48.5. The third-order valence-corrected chi connectivity index (χ3v) is 3.41. The van der Waals surface area contributed by atoms with E-state index in [-0.39, 0.29) is 0 Å². The predicted octanol–water partition coefficient (Wildman–Crippen LogP) is 2.05. The van der Waals surface area contributed by atoms with E-state index in [0.29, 0.717) is 38.5 Å². The number of pyridine rings is 1. The van der Waals surface area contributed by atoms with E-state index in [4.69, 9.17) is 9.47 Å². The number of nitrogens with zero attached hydrogens (tertiary/aromatic N) is 2. The molecule has 1 aromatic heterocycles. The first-order chi connectivity index (χ1) is 8.99. The molecule has 0 amide bonds. The van der Waals surface area contributed by atoms with Crippen LogP contribution >= 0.6 is 0 Å². The van der Waals surface area contributed by atoms with Gasteiger partial charge in [0.05, 0.1) is 25.3 Å². The summed E-state index contributed by atoms with van der Waals surface area (Å²) in [6, 6.07) is 2.43. The minimum absolute atomic E-state index is 0.505. The van der Waals surface area contributed by atoms with Crippen LogP contribution in [-0.4, -0.2) is 37.1 Å². The molecule has 0 unspecified atom stereocenters. The lowest BCUT2D eigenvalue weighted by Gasteiger charge is -2.23. The number of alkyl halides is 3. The smallest absolute Gasteiger partial charge is 0.351 e. The van der Waals surface area contributed by atoms with Crippen LogP contribution in [0.4, 0.5) is 19.0 Å². The van der Waals surface area contributed by atoms with Crippen LogP contribution in [0.5, 0.6) is 0 Å². The van der Waals surface area contributed by atoms with Gasteiger partial charge < -0.3 is 14.4 Å². The van der Waals surface area contributed by atoms with E-state index in [1.165, 1.54) is 6.07 Å². The fraction of sp³-hybridized carbons (Fsp3) is 0.583. The third kappa shape index (κ3) is 2.40. The molecule has 0 aromatic carbocycles. The standard InChI is InChI=1S/C12H13F3N2O2/c13-12(14,15)9-1-2-10(16-7-9)17-4-3-11(8-17)18-5-6-19-11/h1-2,7H,3-6,8H2. The van der Waals surface area contributed by atoms with Gasteiger partial charge in [-0.2, -0.15) is 13.2 Å². The quantitative estimate of drug-likeness (QED) is 0.785. The highest BCUT2D eigenvalue weighted by Gasteiger charge is 2.43. The Balaban J connectivity index is 1.73. The third-order valence-electron chi connectivity index (χ3n) is 3.41. The summed E-state index contributed by atoms with van der Waals surface area (Å²) in [5.74, 6) is -0.0753. The van der Waals surface area contributed by atoms with Crippen molar-refractivity contribution >= 4 is 5.82 Å². The molecule has 0 radical (unpaired) electrons. The average molecular weight is 274 g/mol. The fourth-order valence-corrected chi connectivity index (χ4v) is 2.42. The molecule has 2 saturated heterocycles. The number of ether oxygens (including phenoxy) is 2. The summed E-state index contributed by atoms with van der Waals surface area (Å²) in [5.41, 5.74) is -0.737. The summed E-state index contributed by atoms with van der Waals surface area (Å²) in [6.45, 7) is 2.30. The van der Waals surface area contributed by atoms with E-state index < -0.39 is 17.5 Å².